The highest BCUT2D eigenvalue weighted by molar-refractivity contribution is 6.30. The van der Waals surface area contributed by atoms with Crippen LogP contribution in [0, 0.1) is 0 Å². The second kappa shape index (κ2) is 9.58. The van der Waals surface area contributed by atoms with Gasteiger partial charge in [-0.25, -0.2) is 4.79 Å². The van der Waals surface area contributed by atoms with Crippen LogP contribution in [0.3, 0.4) is 0 Å². The third-order valence-electron chi connectivity index (χ3n) is 4.42. The van der Waals surface area contributed by atoms with E-state index in [1.807, 2.05) is 12.1 Å². The van der Waals surface area contributed by atoms with Crippen molar-refractivity contribution in [2.45, 2.75) is 25.5 Å². The number of ether oxygens (including phenoxy) is 3. The Bertz CT molecular complexity index is 906. The van der Waals surface area contributed by atoms with E-state index in [1.165, 1.54) is 7.11 Å². The SMILES string of the molecule is COCc1cc(Cl)ccc1CC(=O)Nc1ccc(C[C@H]2COC(=O)N2)c(OC)n1. The molecule has 0 unspecified atom stereocenters. The molecule has 2 N–H and O–H groups in total. The minimum absolute atomic E-state index is 0.136. The predicted octanol–water partition coefficient (Wildman–Crippen LogP) is 2.72. The highest BCUT2D eigenvalue weighted by atomic mass is 35.5. The van der Waals surface area contributed by atoms with E-state index in [0.29, 0.717) is 36.4 Å². The summed E-state index contributed by atoms with van der Waals surface area (Å²) in [5.41, 5.74) is 2.49. The second-order valence-electron chi connectivity index (χ2n) is 6.58. The van der Waals surface area contributed by atoms with Crippen molar-refractivity contribution in [2.24, 2.45) is 0 Å². The molecule has 1 fully saturated rings. The number of methoxy groups -OCH3 is 2. The molecule has 3 rings (SSSR count). The van der Waals surface area contributed by atoms with Crippen molar-refractivity contribution in [3.63, 3.8) is 0 Å². The van der Waals surface area contributed by atoms with Crippen LogP contribution in [0.25, 0.3) is 0 Å². The zero-order chi connectivity index (χ0) is 20.8. The van der Waals surface area contributed by atoms with E-state index < -0.39 is 6.09 Å². The number of nitrogens with zero attached hydrogens (tertiary/aromatic N) is 1. The van der Waals surface area contributed by atoms with Gasteiger partial charge >= 0.3 is 6.09 Å². The van der Waals surface area contributed by atoms with Gasteiger partial charge in [-0.1, -0.05) is 17.7 Å². The molecule has 1 saturated heterocycles. The molecule has 2 amide bonds. The first-order chi connectivity index (χ1) is 14.0. The maximum absolute atomic E-state index is 12.5. The third-order valence-corrected chi connectivity index (χ3v) is 4.66. The third kappa shape index (κ3) is 5.58. The Hall–Kier alpha value is -2.84. The van der Waals surface area contributed by atoms with Crippen molar-refractivity contribution in [1.82, 2.24) is 10.3 Å². The van der Waals surface area contributed by atoms with Crippen molar-refractivity contribution in [3.05, 3.63) is 52.0 Å². The number of benzene rings is 1. The lowest BCUT2D eigenvalue weighted by atomic mass is 10.0. The van der Waals surface area contributed by atoms with Crippen LogP contribution in [0.2, 0.25) is 5.02 Å². The standard InChI is InChI=1S/C20H22ClN3O5/c1-27-10-14-7-15(21)5-3-12(14)9-18(25)23-17-6-4-13(19(24-17)28-2)8-16-11-29-20(26)22-16/h3-7,16H,8-11H2,1-2H3,(H,22,26)(H,23,24,25)/t16-/m0/s1. The van der Waals surface area contributed by atoms with Gasteiger partial charge in [0.15, 0.2) is 0 Å². The number of anilines is 1. The summed E-state index contributed by atoms with van der Waals surface area (Å²) in [7, 11) is 3.09. The zero-order valence-electron chi connectivity index (χ0n) is 16.2. The Morgan fingerprint density at radius 2 is 2.07 bits per heavy atom. The van der Waals surface area contributed by atoms with Crippen molar-refractivity contribution in [2.75, 3.05) is 26.1 Å². The molecule has 1 aliphatic rings. The number of alkyl carbamates (subject to hydrolysis) is 1. The van der Waals surface area contributed by atoms with Crippen molar-refractivity contribution in [3.8, 4) is 5.88 Å². The fourth-order valence-corrected chi connectivity index (χ4v) is 3.28. The van der Waals surface area contributed by atoms with E-state index >= 15 is 0 Å². The van der Waals surface area contributed by atoms with Gasteiger partial charge in [-0.3, -0.25) is 4.79 Å². The van der Waals surface area contributed by atoms with Crippen LogP contribution >= 0.6 is 11.6 Å². The largest absolute Gasteiger partial charge is 0.481 e. The van der Waals surface area contributed by atoms with Crippen LogP contribution in [-0.2, 0) is 33.7 Å². The average Bonchev–Trinajstić information content (AvgIpc) is 3.10. The van der Waals surface area contributed by atoms with Crippen LogP contribution in [-0.4, -0.2) is 43.9 Å². The van der Waals surface area contributed by atoms with Gasteiger partial charge in [0, 0.05) is 24.1 Å². The highest BCUT2D eigenvalue weighted by Gasteiger charge is 2.24. The monoisotopic (exact) mass is 419 g/mol. The molecule has 2 aromatic rings. The Morgan fingerprint density at radius 3 is 2.76 bits per heavy atom. The van der Waals surface area contributed by atoms with E-state index in [1.54, 1.807) is 25.3 Å². The molecule has 1 aromatic carbocycles. The summed E-state index contributed by atoms with van der Waals surface area (Å²) in [5.74, 6) is 0.545. The minimum Gasteiger partial charge on any atom is -0.481 e. The number of hydrogen-bond donors (Lipinski definition) is 2. The summed E-state index contributed by atoms with van der Waals surface area (Å²) in [4.78, 5) is 28.0. The molecule has 29 heavy (non-hydrogen) atoms. The van der Waals surface area contributed by atoms with E-state index in [9.17, 15) is 9.59 Å². The molecule has 9 heteroatoms. The van der Waals surface area contributed by atoms with Gasteiger partial charge in [0.1, 0.15) is 12.4 Å². The summed E-state index contributed by atoms with van der Waals surface area (Å²) in [6.07, 6.45) is 0.245. The first-order valence-electron chi connectivity index (χ1n) is 9.01. The fourth-order valence-electron chi connectivity index (χ4n) is 3.09. The number of cyclic esters (lactones) is 1. The number of rotatable bonds is 8. The minimum atomic E-state index is -0.430. The number of carbonyl (C=O) groups excluding carboxylic acids is 2. The maximum atomic E-state index is 12.5. The number of hydrogen-bond acceptors (Lipinski definition) is 6. The molecule has 1 aliphatic heterocycles. The van der Waals surface area contributed by atoms with Crippen LogP contribution in [0.15, 0.2) is 30.3 Å². The molecule has 0 saturated carbocycles. The summed E-state index contributed by atoms with van der Waals surface area (Å²) in [5, 5.41) is 6.08. The number of pyridine rings is 1. The normalized spacial score (nSPS) is 15.6. The number of nitrogens with one attached hydrogen (secondary N) is 2. The topological polar surface area (TPSA) is 98.8 Å². The van der Waals surface area contributed by atoms with Gasteiger partial charge in [0.25, 0.3) is 0 Å². The fraction of sp³-hybridized carbons (Fsp3) is 0.350. The van der Waals surface area contributed by atoms with E-state index in [2.05, 4.69) is 15.6 Å². The Balaban J connectivity index is 1.67. The first kappa shape index (κ1) is 20.9. The van der Waals surface area contributed by atoms with Crippen LogP contribution in [0.4, 0.5) is 10.6 Å². The number of carbonyl (C=O) groups is 2. The maximum Gasteiger partial charge on any atom is 0.407 e. The molecule has 154 valence electrons. The molecular formula is C20H22ClN3O5. The van der Waals surface area contributed by atoms with Crippen LogP contribution in [0.1, 0.15) is 16.7 Å². The Labute approximate surface area is 173 Å². The van der Waals surface area contributed by atoms with Gasteiger partial charge in [0.2, 0.25) is 11.8 Å². The summed E-state index contributed by atoms with van der Waals surface area (Å²) in [6, 6.07) is 8.71. The lowest BCUT2D eigenvalue weighted by Gasteiger charge is -2.13. The highest BCUT2D eigenvalue weighted by Crippen LogP contribution is 2.22. The second-order valence-corrected chi connectivity index (χ2v) is 7.02. The molecule has 2 heterocycles. The lowest BCUT2D eigenvalue weighted by Crippen LogP contribution is -2.28. The smallest absolute Gasteiger partial charge is 0.407 e. The van der Waals surface area contributed by atoms with Gasteiger partial charge in [-0.05, 0) is 35.4 Å². The van der Waals surface area contributed by atoms with E-state index in [4.69, 9.17) is 25.8 Å². The first-order valence-corrected chi connectivity index (χ1v) is 9.39. The molecule has 0 bridgehead atoms. The van der Waals surface area contributed by atoms with Gasteiger partial charge in [-0.15, -0.1) is 0 Å². The molecule has 0 aliphatic carbocycles. The van der Waals surface area contributed by atoms with Crippen LogP contribution in [0.5, 0.6) is 5.88 Å². The zero-order valence-corrected chi connectivity index (χ0v) is 16.9. The molecule has 0 spiro atoms. The van der Waals surface area contributed by atoms with Crippen molar-refractivity contribution < 1.29 is 23.8 Å². The predicted molar refractivity (Wildman–Crippen MR) is 107 cm³/mol. The van der Waals surface area contributed by atoms with Crippen molar-refractivity contribution in [1.29, 1.82) is 0 Å². The number of aromatic nitrogens is 1. The van der Waals surface area contributed by atoms with E-state index in [-0.39, 0.29) is 18.4 Å². The van der Waals surface area contributed by atoms with Gasteiger partial charge in [0.05, 0.1) is 26.2 Å². The molecule has 0 radical (unpaired) electrons. The molecule has 1 aromatic heterocycles. The van der Waals surface area contributed by atoms with Crippen molar-refractivity contribution >= 4 is 29.4 Å². The number of halogens is 1. The Morgan fingerprint density at radius 1 is 1.28 bits per heavy atom. The van der Waals surface area contributed by atoms with Crippen LogP contribution < -0.4 is 15.4 Å². The molecular weight excluding hydrogens is 398 g/mol. The summed E-state index contributed by atoms with van der Waals surface area (Å²) >= 11 is 6.02. The summed E-state index contributed by atoms with van der Waals surface area (Å²) in [6.45, 7) is 0.663. The van der Waals surface area contributed by atoms with Gasteiger partial charge in [-0.2, -0.15) is 4.98 Å². The van der Waals surface area contributed by atoms with E-state index in [0.717, 1.165) is 16.7 Å². The quantitative estimate of drug-likeness (QED) is 0.682. The summed E-state index contributed by atoms with van der Waals surface area (Å²) < 4.78 is 15.4. The number of amides is 2. The lowest BCUT2D eigenvalue weighted by molar-refractivity contribution is -0.115. The molecule has 8 nitrogen and oxygen atoms in total. The molecule has 1 atom stereocenters. The average molecular weight is 420 g/mol. The van der Waals surface area contributed by atoms with Gasteiger partial charge < -0.3 is 24.8 Å². The Kier molecular flexibility index (Phi) is 6.90.